The third-order valence-corrected chi connectivity index (χ3v) is 2.87. The molecule has 1 N–H and O–H groups in total. The normalized spacial score (nSPS) is 14.9. The van der Waals surface area contributed by atoms with E-state index in [1.807, 2.05) is 0 Å². The summed E-state index contributed by atoms with van der Waals surface area (Å²) in [6.07, 6.45) is 0.0644. The van der Waals surface area contributed by atoms with Crippen LogP contribution in [0.3, 0.4) is 0 Å². The van der Waals surface area contributed by atoms with E-state index in [0.717, 1.165) is 0 Å². The predicted molar refractivity (Wildman–Crippen MR) is 66.4 cm³/mol. The maximum atomic E-state index is 12.0. The first kappa shape index (κ1) is 13.0. The molecule has 7 nitrogen and oxygen atoms in total. The van der Waals surface area contributed by atoms with Crippen molar-refractivity contribution in [1.29, 1.82) is 0 Å². The number of benzene rings is 1. The van der Waals surface area contributed by atoms with Crippen LogP contribution >= 0.6 is 0 Å². The van der Waals surface area contributed by atoms with Crippen LogP contribution in [0.5, 0.6) is 0 Å². The minimum atomic E-state index is -0.498. The van der Waals surface area contributed by atoms with Crippen molar-refractivity contribution in [1.82, 2.24) is 10.2 Å². The third-order valence-electron chi connectivity index (χ3n) is 2.87. The molecule has 2 amide bonds. The highest BCUT2D eigenvalue weighted by molar-refractivity contribution is 5.86. The Bertz CT molecular complexity index is 529. The zero-order valence-electron chi connectivity index (χ0n) is 10.2. The number of carbonyl (C=O) groups is 2. The Morgan fingerprint density at radius 1 is 1.47 bits per heavy atom. The second-order valence-corrected chi connectivity index (χ2v) is 4.27. The smallest absolute Gasteiger partial charge is 0.269 e. The van der Waals surface area contributed by atoms with E-state index in [4.69, 9.17) is 0 Å². The number of nitrogens with one attached hydrogen (secondary N) is 1. The van der Waals surface area contributed by atoms with Crippen LogP contribution in [-0.4, -0.2) is 41.3 Å². The maximum absolute atomic E-state index is 12.0. The van der Waals surface area contributed by atoms with Gasteiger partial charge in [0.05, 0.1) is 17.9 Å². The number of nitro groups is 1. The van der Waals surface area contributed by atoms with Gasteiger partial charge in [-0.1, -0.05) is 12.1 Å². The van der Waals surface area contributed by atoms with Gasteiger partial charge in [-0.15, -0.1) is 0 Å². The molecule has 1 aromatic rings. The highest BCUT2D eigenvalue weighted by Crippen LogP contribution is 2.14. The molecule has 0 bridgehead atoms. The average molecular weight is 263 g/mol. The first-order valence-corrected chi connectivity index (χ1v) is 5.84. The van der Waals surface area contributed by atoms with Crippen LogP contribution in [0.4, 0.5) is 5.69 Å². The first-order chi connectivity index (χ1) is 9.06. The summed E-state index contributed by atoms with van der Waals surface area (Å²) >= 11 is 0. The van der Waals surface area contributed by atoms with Gasteiger partial charge in [-0.2, -0.15) is 0 Å². The van der Waals surface area contributed by atoms with E-state index in [2.05, 4.69) is 5.32 Å². The van der Waals surface area contributed by atoms with Crippen molar-refractivity contribution in [2.75, 3.05) is 19.6 Å². The fraction of sp³-hybridized carbons (Fsp3) is 0.333. The van der Waals surface area contributed by atoms with Crippen molar-refractivity contribution >= 4 is 17.5 Å². The second-order valence-electron chi connectivity index (χ2n) is 4.27. The van der Waals surface area contributed by atoms with Gasteiger partial charge in [-0.25, -0.2) is 0 Å². The molecule has 0 atom stereocenters. The number of carbonyl (C=O) groups excluding carboxylic acids is 2. The summed E-state index contributed by atoms with van der Waals surface area (Å²) in [5.41, 5.74) is 0.534. The second kappa shape index (κ2) is 5.47. The van der Waals surface area contributed by atoms with Crippen LogP contribution in [0.25, 0.3) is 0 Å². The Morgan fingerprint density at radius 3 is 2.95 bits per heavy atom. The topological polar surface area (TPSA) is 92.5 Å². The minimum absolute atomic E-state index is 0.0401. The fourth-order valence-electron chi connectivity index (χ4n) is 1.92. The van der Waals surface area contributed by atoms with Crippen LogP contribution in [0.2, 0.25) is 0 Å². The number of nitrogens with zero attached hydrogens (tertiary/aromatic N) is 2. The molecule has 7 heteroatoms. The van der Waals surface area contributed by atoms with Crippen molar-refractivity contribution in [3.8, 4) is 0 Å². The lowest BCUT2D eigenvalue weighted by Gasteiger charge is -2.26. The highest BCUT2D eigenvalue weighted by atomic mass is 16.6. The van der Waals surface area contributed by atoms with Crippen LogP contribution in [0, 0.1) is 10.1 Å². The maximum Gasteiger partial charge on any atom is 0.269 e. The van der Waals surface area contributed by atoms with Gasteiger partial charge in [-0.3, -0.25) is 19.7 Å². The largest absolute Gasteiger partial charge is 0.353 e. The molecule has 0 unspecified atom stereocenters. The lowest BCUT2D eigenvalue weighted by molar-refractivity contribution is -0.384. The number of rotatable bonds is 3. The number of amides is 2. The summed E-state index contributed by atoms with van der Waals surface area (Å²) < 4.78 is 0. The summed E-state index contributed by atoms with van der Waals surface area (Å²) in [6, 6.07) is 5.96. The van der Waals surface area contributed by atoms with Crippen molar-refractivity contribution in [2.45, 2.75) is 6.42 Å². The molecule has 1 aliphatic heterocycles. The van der Waals surface area contributed by atoms with Crippen LogP contribution in [0.15, 0.2) is 24.3 Å². The van der Waals surface area contributed by atoms with Gasteiger partial charge < -0.3 is 10.2 Å². The van der Waals surface area contributed by atoms with E-state index >= 15 is 0 Å². The van der Waals surface area contributed by atoms with Crippen molar-refractivity contribution in [3.05, 3.63) is 39.9 Å². The summed E-state index contributed by atoms with van der Waals surface area (Å²) in [5, 5.41) is 13.3. The number of non-ortho nitro benzene ring substituents is 1. The number of piperazine rings is 1. The molecule has 1 aliphatic rings. The van der Waals surface area contributed by atoms with Crippen molar-refractivity contribution in [3.63, 3.8) is 0 Å². The molecule has 2 rings (SSSR count). The number of hydrogen-bond acceptors (Lipinski definition) is 4. The van der Waals surface area contributed by atoms with Crippen LogP contribution in [-0.2, 0) is 16.0 Å². The molecular weight excluding hydrogens is 250 g/mol. The standard InChI is InChI=1S/C12H13N3O4/c16-11-8-14(5-4-13-11)12(17)7-9-2-1-3-10(6-9)15(18)19/h1-3,6H,4-5,7-8H2,(H,13,16). The van der Waals surface area contributed by atoms with E-state index in [-0.39, 0.29) is 30.5 Å². The lowest BCUT2D eigenvalue weighted by Crippen LogP contribution is -2.50. The van der Waals surface area contributed by atoms with Gasteiger partial charge in [0, 0.05) is 25.2 Å². The SMILES string of the molecule is O=C1CN(C(=O)Cc2cccc([N+](=O)[O-])c2)CCN1. The zero-order valence-corrected chi connectivity index (χ0v) is 10.2. The predicted octanol–water partition coefficient (Wildman–Crippen LogP) is 0.0957. The van der Waals surface area contributed by atoms with Gasteiger partial charge in [0.25, 0.3) is 5.69 Å². The zero-order chi connectivity index (χ0) is 13.8. The van der Waals surface area contributed by atoms with E-state index in [1.54, 1.807) is 12.1 Å². The van der Waals surface area contributed by atoms with Gasteiger partial charge in [-0.05, 0) is 5.56 Å². The Hall–Kier alpha value is -2.44. The molecule has 0 spiro atoms. The number of hydrogen-bond donors (Lipinski definition) is 1. The molecule has 100 valence electrons. The van der Waals surface area contributed by atoms with E-state index in [9.17, 15) is 19.7 Å². The molecule has 1 saturated heterocycles. The molecule has 1 heterocycles. The molecular formula is C12H13N3O4. The third kappa shape index (κ3) is 3.27. The van der Waals surface area contributed by atoms with Crippen LogP contribution in [0.1, 0.15) is 5.56 Å². The quantitative estimate of drug-likeness (QED) is 0.618. The molecule has 1 fully saturated rings. The van der Waals surface area contributed by atoms with E-state index in [0.29, 0.717) is 18.7 Å². The van der Waals surface area contributed by atoms with Gasteiger partial charge in [0.1, 0.15) is 0 Å². The van der Waals surface area contributed by atoms with Crippen molar-refractivity contribution < 1.29 is 14.5 Å². The molecule has 0 aliphatic carbocycles. The monoisotopic (exact) mass is 263 g/mol. The van der Waals surface area contributed by atoms with Gasteiger partial charge in [0.15, 0.2) is 0 Å². The molecule has 1 aromatic carbocycles. The summed E-state index contributed by atoms with van der Waals surface area (Å²) in [6.45, 7) is 0.965. The number of nitro benzene ring substituents is 1. The average Bonchev–Trinajstić information content (AvgIpc) is 2.39. The highest BCUT2D eigenvalue weighted by Gasteiger charge is 2.21. The minimum Gasteiger partial charge on any atom is -0.353 e. The van der Waals surface area contributed by atoms with Gasteiger partial charge in [0.2, 0.25) is 11.8 Å². The summed E-state index contributed by atoms with van der Waals surface area (Å²) in [5.74, 6) is -0.381. The summed E-state index contributed by atoms with van der Waals surface area (Å²) in [4.78, 5) is 34.7. The Morgan fingerprint density at radius 2 is 2.26 bits per heavy atom. The van der Waals surface area contributed by atoms with Gasteiger partial charge >= 0.3 is 0 Å². The Kier molecular flexibility index (Phi) is 3.74. The Balaban J connectivity index is 2.04. The fourth-order valence-corrected chi connectivity index (χ4v) is 1.92. The van der Waals surface area contributed by atoms with Crippen LogP contribution < -0.4 is 5.32 Å². The molecule has 0 aromatic heterocycles. The lowest BCUT2D eigenvalue weighted by atomic mass is 10.1. The van der Waals surface area contributed by atoms with E-state index < -0.39 is 4.92 Å². The summed E-state index contributed by atoms with van der Waals surface area (Å²) in [7, 11) is 0. The molecule has 19 heavy (non-hydrogen) atoms. The first-order valence-electron chi connectivity index (χ1n) is 5.84. The molecule has 0 saturated carbocycles. The van der Waals surface area contributed by atoms with E-state index in [1.165, 1.54) is 17.0 Å². The Labute approximate surface area is 109 Å². The van der Waals surface area contributed by atoms with Crippen molar-refractivity contribution in [2.24, 2.45) is 0 Å². The molecule has 0 radical (unpaired) electrons.